The highest BCUT2D eigenvalue weighted by Crippen LogP contribution is 2.41. The van der Waals surface area contributed by atoms with E-state index in [9.17, 15) is 18.6 Å². The zero-order valence-electron chi connectivity index (χ0n) is 15.5. The van der Waals surface area contributed by atoms with Crippen LogP contribution in [0, 0.1) is 20.8 Å². The van der Waals surface area contributed by atoms with Crippen molar-refractivity contribution < 1.29 is 18.6 Å². The lowest BCUT2D eigenvalue weighted by Gasteiger charge is -2.11. The summed E-state index contributed by atoms with van der Waals surface area (Å²) in [5, 5.41) is 30.3. The van der Waals surface area contributed by atoms with Gasteiger partial charge in [-0.05, 0) is 61.5 Å². The van der Waals surface area contributed by atoms with Crippen molar-refractivity contribution in [3.8, 4) is 11.5 Å². The van der Waals surface area contributed by atoms with Crippen molar-refractivity contribution in [3.63, 3.8) is 0 Å². The third kappa shape index (κ3) is 3.64. The Hall–Kier alpha value is -2.93. The van der Waals surface area contributed by atoms with Crippen molar-refractivity contribution >= 4 is 32.0 Å². The Balaban J connectivity index is 2.15. The van der Waals surface area contributed by atoms with Gasteiger partial charge in [0, 0.05) is 11.6 Å². The molecule has 0 saturated heterocycles. The maximum absolute atomic E-state index is 11.7. The highest BCUT2D eigenvalue weighted by Gasteiger charge is 2.14. The summed E-state index contributed by atoms with van der Waals surface area (Å²) in [6.45, 7) is 5.70. The molecule has 6 nitrogen and oxygen atoms in total. The average Bonchev–Trinajstić information content (AvgIpc) is 2.54. The van der Waals surface area contributed by atoms with Crippen LogP contribution < -0.4 is 0 Å². The van der Waals surface area contributed by atoms with Gasteiger partial charge in [-0.3, -0.25) is 0 Å². The van der Waals surface area contributed by atoms with Crippen LogP contribution in [-0.2, 0) is 9.84 Å². The molecule has 0 aliphatic rings. The summed E-state index contributed by atoms with van der Waals surface area (Å²) in [5.41, 5.74) is 3.01. The minimum absolute atomic E-state index is 0.00464. The van der Waals surface area contributed by atoms with E-state index >= 15 is 0 Å². The van der Waals surface area contributed by atoms with Crippen LogP contribution in [0.1, 0.15) is 16.7 Å². The van der Waals surface area contributed by atoms with Gasteiger partial charge in [0.15, 0.2) is 15.6 Å². The van der Waals surface area contributed by atoms with Gasteiger partial charge < -0.3 is 10.2 Å². The summed E-state index contributed by atoms with van der Waals surface area (Å²) < 4.78 is 23.4. The standard InChI is InChI=1S/C20H20N2O4S/c1-11-7-12(2)18-14(8-11)9-13(3)19(20(18)24)22-21-16-10-15(27(4,25)26)5-6-17(16)23/h5-10,23-24H,1-4H3. The van der Waals surface area contributed by atoms with Crippen LogP contribution in [0.15, 0.2) is 51.5 Å². The number of aromatic hydroxyl groups is 2. The lowest BCUT2D eigenvalue weighted by Crippen LogP contribution is -1.95. The average molecular weight is 384 g/mol. The first-order chi connectivity index (χ1) is 12.6. The minimum atomic E-state index is -3.44. The molecule has 0 saturated carbocycles. The molecule has 3 aromatic rings. The highest BCUT2D eigenvalue weighted by atomic mass is 32.2. The fourth-order valence-electron chi connectivity index (χ4n) is 3.09. The summed E-state index contributed by atoms with van der Waals surface area (Å²) in [7, 11) is -3.44. The highest BCUT2D eigenvalue weighted by molar-refractivity contribution is 7.90. The van der Waals surface area contributed by atoms with Gasteiger partial charge in [0.2, 0.25) is 0 Å². The van der Waals surface area contributed by atoms with Crippen LogP contribution in [0.2, 0.25) is 0 Å². The molecule has 0 bridgehead atoms. The zero-order chi connectivity index (χ0) is 19.9. The molecule has 0 aliphatic heterocycles. The van der Waals surface area contributed by atoms with E-state index in [-0.39, 0.29) is 27.8 Å². The monoisotopic (exact) mass is 384 g/mol. The molecule has 27 heavy (non-hydrogen) atoms. The quantitative estimate of drug-likeness (QED) is 0.621. The Morgan fingerprint density at radius 1 is 0.889 bits per heavy atom. The van der Waals surface area contributed by atoms with Gasteiger partial charge in [0.25, 0.3) is 0 Å². The predicted octanol–water partition coefficient (Wildman–Crippen LogP) is 5.00. The Kier molecular flexibility index (Phi) is 4.65. The Morgan fingerprint density at radius 3 is 2.26 bits per heavy atom. The van der Waals surface area contributed by atoms with Gasteiger partial charge in [-0.1, -0.05) is 17.7 Å². The number of benzene rings is 3. The Labute approximate surface area is 157 Å². The van der Waals surface area contributed by atoms with E-state index in [1.165, 1.54) is 18.2 Å². The van der Waals surface area contributed by atoms with Crippen molar-refractivity contribution in [2.24, 2.45) is 10.2 Å². The fourth-order valence-corrected chi connectivity index (χ4v) is 3.73. The number of fused-ring (bicyclic) bond motifs is 1. The topological polar surface area (TPSA) is 99.3 Å². The molecule has 0 aromatic heterocycles. The molecule has 0 spiro atoms. The number of sulfone groups is 1. The van der Waals surface area contributed by atoms with E-state index in [4.69, 9.17) is 0 Å². The molecule has 3 aromatic carbocycles. The molecule has 0 fully saturated rings. The van der Waals surface area contributed by atoms with E-state index < -0.39 is 9.84 Å². The van der Waals surface area contributed by atoms with E-state index in [0.29, 0.717) is 10.9 Å². The maximum Gasteiger partial charge on any atom is 0.175 e. The predicted molar refractivity (Wildman–Crippen MR) is 105 cm³/mol. The molecule has 2 N–H and O–H groups in total. The van der Waals surface area contributed by atoms with Crippen LogP contribution in [-0.4, -0.2) is 24.9 Å². The van der Waals surface area contributed by atoms with Gasteiger partial charge in [0.1, 0.15) is 17.1 Å². The minimum Gasteiger partial charge on any atom is -0.506 e. The van der Waals surface area contributed by atoms with Gasteiger partial charge in [-0.15, -0.1) is 10.2 Å². The molecule has 3 rings (SSSR count). The molecule has 0 radical (unpaired) electrons. The Bertz CT molecular complexity index is 1200. The molecule has 0 aliphatic carbocycles. The second-order valence-corrected chi connectivity index (χ2v) is 8.71. The number of hydrogen-bond acceptors (Lipinski definition) is 6. The fraction of sp³-hybridized carbons (Fsp3) is 0.200. The molecule has 0 heterocycles. The van der Waals surface area contributed by atoms with Crippen LogP contribution in [0.5, 0.6) is 11.5 Å². The molecule has 0 unspecified atom stereocenters. The van der Waals surface area contributed by atoms with Gasteiger partial charge in [-0.2, -0.15) is 0 Å². The first-order valence-electron chi connectivity index (χ1n) is 8.26. The van der Waals surface area contributed by atoms with Crippen molar-refractivity contribution in [2.75, 3.05) is 6.26 Å². The first kappa shape index (κ1) is 18.8. The van der Waals surface area contributed by atoms with Crippen LogP contribution >= 0.6 is 0 Å². The molecular formula is C20H20N2O4S. The number of aryl methyl sites for hydroxylation is 3. The number of azo groups is 1. The number of hydrogen-bond donors (Lipinski definition) is 2. The second kappa shape index (κ2) is 6.66. The first-order valence-corrected chi connectivity index (χ1v) is 10.2. The SMILES string of the molecule is Cc1cc(C)c2c(O)c(N=Nc3cc(S(C)(=O)=O)ccc3O)c(C)cc2c1. The molecule has 140 valence electrons. The van der Waals surface area contributed by atoms with E-state index in [0.717, 1.165) is 22.8 Å². The smallest absolute Gasteiger partial charge is 0.175 e. The number of phenolic OH excluding ortho intramolecular Hbond substituents is 2. The number of rotatable bonds is 3. The summed E-state index contributed by atoms with van der Waals surface area (Å²) in [5.74, 6) is -0.194. The van der Waals surface area contributed by atoms with Gasteiger partial charge in [-0.25, -0.2) is 8.42 Å². The van der Waals surface area contributed by atoms with E-state index in [2.05, 4.69) is 10.2 Å². The molecular weight excluding hydrogens is 364 g/mol. The van der Waals surface area contributed by atoms with E-state index in [1.807, 2.05) is 32.0 Å². The van der Waals surface area contributed by atoms with Crippen molar-refractivity contribution in [1.29, 1.82) is 0 Å². The summed E-state index contributed by atoms with van der Waals surface area (Å²) in [6, 6.07) is 9.67. The van der Waals surface area contributed by atoms with Gasteiger partial charge in [0.05, 0.1) is 4.90 Å². The van der Waals surface area contributed by atoms with E-state index in [1.54, 1.807) is 6.92 Å². The maximum atomic E-state index is 11.7. The summed E-state index contributed by atoms with van der Waals surface area (Å²) in [6.07, 6.45) is 1.07. The van der Waals surface area contributed by atoms with Crippen LogP contribution in [0.25, 0.3) is 10.8 Å². The number of nitrogens with zero attached hydrogens (tertiary/aromatic N) is 2. The second-order valence-electron chi connectivity index (χ2n) is 6.69. The lowest BCUT2D eigenvalue weighted by atomic mass is 9.98. The lowest BCUT2D eigenvalue weighted by molar-refractivity contribution is 0.475. The summed E-state index contributed by atoms with van der Waals surface area (Å²) in [4.78, 5) is 0.0278. The molecule has 0 atom stereocenters. The van der Waals surface area contributed by atoms with Crippen LogP contribution in [0.4, 0.5) is 11.4 Å². The largest absolute Gasteiger partial charge is 0.506 e. The van der Waals surface area contributed by atoms with Crippen molar-refractivity contribution in [2.45, 2.75) is 25.7 Å². The normalized spacial score (nSPS) is 12.1. The third-order valence-electron chi connectivity index (χ3n) is 4.35. The van der Waals surface area contributed by atoms with Crippen molar-refractivity contribution in [3.05, 3.63) is 53.1 Å². The van der Waals surface area contributed by atoms with Crippen molar-refractivity contribution in [1.82, 2.24) is 0 Å². The Morgan fingerprint density at radius 2 is 1.59 bits per heavy atom. The summed E-state index contributed by atoms with van der Waals surface area (Å²) >= 11 is 0. The third-order valence-corrected chi connectivity index (χ3v) is 5.46. The zero-order valence-corrected chi connectivity index (χ0v) is 16.3. The van der Waals surface area contributed by atoms with Gasteiger partial charge >= 0.3 is 0 Å². The number of phenols is 2. The van der Waals surface area contributed by atoms with Crippen LogP contribution in [0.3, 0.4) is 0 Å². The molecule has 0 amide bonds. The molecule has 7 heteroatoms.